The molecule has 1 aromatic rings. The molecule has 0 amide bonds. The second-order valence-electron chi connectivity index (χ2n) is 3.59. The predicted octanol–water partition coefficient (Wildman–Crippen LogP) is 1.54. The summed E-state index contributed by atoms with van der Waals surface area (Å²) in [6, 6.07) is 9.02. The number of ether oxygens (including phenoxy) is 1. The summed E-state index contributed by atoms with van der Waals surface area (Å²) in [6.45, 7) is 0.0800. The van der Waals surface area contributed by atoms with Crippen LogP contribution in [0.5, 0.6) is 0 Å². The molecule has 0 aromatic heterocycles. The summed E-state index contributed by atoms with van der Waals surface area (Å²) in [4.78, 5) is 0. The molecule has 0 aliphatic rings. The van der Waals surface area contributed by atoms with Gasteiger partial charge in [-0.05, 0) is 12.0 Å². The summed E-state index contributed by atoms with van der Waals surface area (Å²) in [5.74, 6) is 2.28. The Balaban J connectivity index is 2.34. The monoisotopic (exact) mass is 221 g/mol. The molecule has 1 aromatic carbocycles. The van der Waals surface area contributed by atoms with E-state index < -0.39 is 12.2 Å². The maximum Gasteiger partial charge on any atom is 0.139 e. The van der Waals surface area contributed by atoms with Gasteiger partial charge in [0.05, 0.1) is 6.61 Å². The van der Waals surface area contributed by atoms with E-state index in [1.165, 1.54) is 0 Å². The van der Waals surface area contributed by atoms with Gasteiger partial charge in [-0.2, -0.15) is 0 Å². The summed E-state index contributed by atoms with van der Waals surface area (Å²) >= 11 is 0. The van der Waals surface area contributed by atoms with Gasteiger partial charge in [-0.1, -0.05) is 36.3 Å². The first kappa shape index (κ1) is 12.7. The van der Waals surface area contributed by atoms with Crippen molar-refractivity contribution in [1.82, 2.24) is 0 Å². The Morgan fingerprint density at radius 2 is 2.06 bits per heavy atom. The number of halogens is 1. The lowest BCUT2D eigenvalue weighted by atomic mass is 10.0. The Kier molecular flexibility index (Phi) is 5.55. The standard InChI is InChI=1S/C13H16FNO/c1-2-8-16-10-12(14)13(15)9-11-6-4-3-5-7-11/h1,3-7,12-13H,8-10,15H2. The SMILES string of the molecule is C#CCOCC(F)C(N)Cc1ccccc1. The van der Waals surface area contributed by atoms with E-state index in [1.54, 1.807) is 0 Å². The van der Waals surface area contributed by atoms with E-state index >= 15 is 0 Å². The highest BCUT2D eigenvalue weighted by Gasteiger charge is 2.17. The molecule has 16 heavy (non-hydrogen) atoms. The van der Waals surface area contributed by atoms with Gasteiger partial charge in [-0.15, -0.1) is 6.42 Å². The van der Waals surface area contributed by atoms with Crippen molar-refractivity contribution in [3.05, 3.63) is 35.9 Å². The Bertz CT molecular complexity index is 334. The number of benzene rings is 1. The van der Waals surface area contributed by atoms with Crippen molar-refractivity contribution in [1.29, 1.82) is 0 Å². The van der Waals surface area contributed by atoms with Crippen LogP contribution in [0.4, 0.5) is 4.39 Å². The van der Waals surface area contributed by atoms with Gasteiger partial charge in [0.15, 0.2) is 0 Å². The van der Waals surface area contributed by atoms with Crippen LogP contribution in [0.25, 0.3) is 0 Å². The minimum atomic E-state index is -1.19. The highest BCUT2D eigenvalue weighted by Crippen LogP contribution is 2.07. The molecule has 0 aliphatic carbocycles. The first-order chi connectivity index (χ1) is 7.74. The fraction of sp³-hybridized carbons (Fsp3) is 0.385. The van der Waals surface area contributed by atoms with E-state index in [1.807, 2.05) is 30.3 Å². The van der Waals surface area contributed by atoms with E-state index in [-0.39, 0.29) is 13.2 Å². The number of alkyl halides is 1. The molecule has 0 fully saturated rings. The predicted molar refractivity (Wildman–Crippen MR) is 62.7 cm³/mol. The van der Waals surface area contributed by atoms with E-state index in [0.29, 0.717) is 6.42 Å². The summed E-state index contributed by atoms with van der Waals surface area (Å²) < 4.78 is 18.4. The number of rotatable bonds is 6. The quantitative estimate of drug-likeness (QED) is 0.584. The number of hydrogen-bond donors (Lipinski definition) is 1. The average molecular weight is 221 g/mol. The Labute approximate surface area is 95.6 Å². The van der Waals surface area contributed by atoms with E-state index in [2.05, 4.69) is 5.92 Å². The summed E-state index contributed by atoms with van der Waals surface area (Å²) in [6.07, 6.45) is 4.30. The maximum absolute atomic E-state index is 13.5. The van der Waals surface area contributed by atoms with Crippen molar-refractivity contribution < 1.29 is 9.13 Å². The van der Waals surface area contributed by atoms with Crippen molar-refractivity contribution >= 4 is 0 Å². The first-order valence-electron chi connectivity index (χ1n) is 5.19. The molecule has 2 N–H and O–H groups in total. The zero-order valence-electron chi connectivity index (χ0n) is 9.10. The lowest BCUT2D eigenvalue weighted by Gasteiger charge is -2.16. The molecule has 0 aliphatic heterocycles. The van der Waals surface area contributed by atoms with Crippen LogP contribution in [0, 0.1) is 12.3 Å². The van der Waals surface area contributed by atoms with Crippen molar-refractivity contribution in [3.8, 4) is 12.3 Å². The zero-order valence-corrected chi connectivity index (χ0v) is 9.10. The molecule has 0 saturated heterocycles. The van der Waals surface area contributed by atoms with E-state index in [0.717, 1.165) is 5.56 Å². The highest BCUT2D eigenvalue weighted by molar-refractivity contribution is 5.16. The van der Waals surface area contributed by atoms with Gasteiger partial charge < -0.3 is 10.5 Å². The van der Waals surface area contributed by atoms with Crippen molar-refractivity contribution in [2.24, 2.45) is 5.73 Å². The molecule has 2 nitrogen and oxygen atoms in total. The Morgan fingerprint density at radius 1 is 1.38 bits per heavy atom. The van der Waals surface area contributed by atoms with Gasteiger partial charge >= 0.3 is 0 Å². The Hall–Kier alpha value is -1.37. The Morgan fingerprint density at radius 3 is 2.69 bits per heavy atom. The summed E-state index contributed by atoms with van der Waals surface area (Å²) in [5.41, 5.74) is 6.75. The molecule has 0 heterocycles. The smallest absolute Gasteiger partial charge is 0.139 e. The molecule has 1 rings (SSSR count). The molecule has 3 heteroatoms. The van der Waals surface area contributed by atoms with Crippen LogP contribution in [0.1, 0.15) is 5.56 Å². The maximum atomic E-state index is 13.5. The molecule has 0 spiro atoms. The van der Waals surface area contributed by atoms with Crippen LogP contribution in [-0.2, 0) is 11.2 Å². The lowest BCUT2D eigenvalue weighted by molar-refractivity contribution is 0.0900. The van der Waals surface area contributed by atoms with Crippen LogP contribution in [-0.4, -0.2) is 25.4 Å². The van der Waals surface area contributed by atoms with Gasteiger partial charge in [0, 0.05) is 6.04 Å². The minimum absolute atomic E-state index is 0.0435. The van der Waals surface area contributed by atoms with Gasteiger partial charge in [-0.25, -0.2) is 4.39 Å². The third kappa shape index (κ3) is 4.43. The van der Waals surface area contributed by atoms with Gasteiger partial charge in [0.1, 0.15) is 12.8 Å². The zero-order chi connectivity index (χ0) is 11.8. The van der Waals surface area contributed by atoms with Crippen LogP contribution in [0.2, 0.25) is 0 Å². The summed E-state index contributed by atoms with van der Waals surface area (Å²) in [5, 5.41) is 0. The van der Waals surface area contributed by atoms with Gasteiger partial charge in [0.2, 0.25) is 0 Å². The van der Waals surface area contributed by atoms with E-state index in [9.17, 15) is 4.39 Å². The third-order valence-electron chi connectivity index (χ3n) is 2.24. The van der Waals surface area contributed by atoms with Gasteiger partial charge in [-0.3, -0.25) is 0 Å². The molecular weight excluding hydrogens is 205 g/mol. The normalized spacial score (nSPS) is 14.1. The minimum Gasteiger partial charge on any atom is -0.366 e. The lowest BCUT2D eigenvalue weighted by Crippen LogP contribution is -2.36. The number of nitrogens with two attached hydrogens (primary N) is 1. The highest BCUT2D eigenvalue weighted by atomic mass is 19.1. The van der Waals surface area contributed by atoms with Gasteiger partial charge in [0.25, 0.3) is 0 Å². The second kappa shape index (κ2) is 7.00. The van der Waals surface area contributed by atoms with Crippen molar-refractivity contribution in [2.75, 3.05) is 13.2 Å². The van der Waals surface area contributed by atoms with Crippen molar-refractivity contribution in [3.63, 3.8) is 0 Å². The summed E-state index contributed by atoms with van der Waals surface area (Å²) in [7, 11) is 0. The average Bonchev–Trinajstić information content (AvgIpc) is 2.30. The molecule has 86 valence electrons. The van der Waals surface area contributed by atoms with Crippen LogP contribution >= 0.6 is 0 Å². The fourth-order valence-corrected chi connectivity index (χ4v) is 1.37. The van der Waals surface area contributed by atoms with Crippen LogP contribution in [0.3, 0.4) is 0 Å². The van der Waals surface area contributed by atoms with Crippen LogP contribution < -0.4 is 5.73 Å². The molecule has 2 unspecified atom stereocenters. The largest absolute Gasteiger partial charge is 0.366 e. The molecule has 0 bridgehead atoms. The van der Waals surface area contributed by atoms with E-state index in [4.69, 9.17) is 16.9 Å². The topological polar surface area (TPSA) is 35.2 Å². The molecular formula is C13H16FNO. The molecule has 2 atom stereocenters. The second-order valence-corrected chi connectivity index (χ2v) is 3.59. The first-order valence-corrected chi connectivity index (χ1v) is 5.19. The molecule has 0 saturated carbocycles. The number of hydrogen-bond acceptors (Lipinski definition) is 2. The van der Waals surface area contributed by atoms with Crippen molar-refractivity contribution in [2.45, 2.75) is 18.6 Å². The third-order valence-corrected chi connectivity index (χ3v) is 2.24. The number of terminal acetylenes is 1. The van der Waals surface area contributed by atoms with Crippen LogP contribution in [0.15, 0.2) is 30.3 Å². The molecule has 0 radical (unpaired) electrons. The fourth-order valence-electron chi connectivity index (χ4n) is 1.37.